The Balaban J connectivity index is 1.83. The number of hydrogen-bond acceptors (Lipinski definition) is 6. The highest BCUT2D eigenvalue weighted by Crippen LogP contribution is 2.40. The van der Waals surface area contributed by atoms with Crippen molar-refractivity contribution in [1.29, 1.82) is 5.26 Å². The molecule has 2 aliphatic heterocycles. The first-order valence-electron chi connectivity index (χ1n) is 11.1. The summed E-state index contributed by atoms with van der Waals surface area (Å²) in [5, 5.41) is 9.70. The summed E-state index contributed by atoms with van der Waals surface area (Å²) in [7, 11) is 0. The molecule has 4 rings (SSSR count). The molecule has 2 fully saturated rings. The first-order valence-corrected chi connectivity index (χ1v) is 12.4. The number of aromatic nitrogens is 1. The van der Waals surface area contributed by atoms with E-state index in [2.05, 4.69) is 11.0 Å². The molecule has 0 bridgehead atoms. The smallest absolute Gasteiger partial charge is 0.270 e. The van der Waals surface area contributed by atoms with Crippen LogP contribution in [0.5, 0.6) is 0 Å². The Kier molecular flexibility index (Phi) is 6.73. The van der Waals surface area contributed by atoms with Gasteiger partial charge < -0.3 is 4.90 Å². The highest BCUT2D eigenvalue weighted by atomic mass is 32.2. The molecule has 1 unspecified atom stereocenters. The molecule has 6 nitrogen and oxygen atoms in total. The molecule has 8 heteroatoms. The van der Waals surface area contributed by atoms with Gasteiger partial charge in [-0.05, 0) is 50.8 Å². The van der Waals surface area contributed by atoms with Gasteiger partial charge in [0.2, 0.25) is 0 Å². The van der Waals surface area contributed by atoms with E-state index in [1.54, 1.807) is 16.4 Å². The van der Waals surface area contributed by atoms with Crippen LogP contribution in [0.4, 0.5) is 5.82 Å². The number of carbonyl (C=O) groups is 1. The van der Waals surface area contributed by atoms with E-state index in [0.717, 1.165) is 42.9 Å². The highest BCUT2D eigenvalue weighted by Gasteiger charge is 2.36. The van der Waals surface area contributed by atoms with Crippen LogP contribution in [0, 0.1) is 18.3 Å². The average Bonchev–Trinajstić information content (AvgIpc) is 3.44. The lowest BCUT2D eigenvalue weighted by Crippen LogP contribution is -2.33. The minimum absolute atomic E-state index is 0.124. The highest BCUT2D eigenvalue weighted by molar-refractivity contribution is 8.26. The van der Waals surface area contributed by atoms with Crippen LogP contribution in [0.2, 0.25) is 0 Å². The predicted molar refractivity (Wildman–Crippen MR) is 137 cm³/mol. The maximum atomic E-state index is 13.5. The lowest BCUT2D eigenvalue weighted by Gasteiger charge is -2.26. The third-order valence-corrected chi connectivity index (χ3v) is 7.67. The number of benzene rings is 1. The number of hydrogen-bond donors (Lipinski definition) is 0. The first-order chi connectivity index (χ1) is 15.9. The van der Waals surface area contributed by atoms with E-state index in [-0.39, 0.29) is 23.1 Å². The van der Waals surface area contributed by atoms with Crippen molar-refractivity contribution in [2.75, 3.05) is 18.0 Å². The van der Waals surface area contributed by atoms with E-state index in [9.17, 15) is 14.9 Å². The van der Waals surface area contributed by atoms with Crippen LogP contribution in [-0.4, -0.2) is 32.8 Å². The number of anilines is 1. The first kappa shape index (κ1) is 23.3. The molecule has 2 saturated heterocycles. The molecule has 0 N–H and O–H groups in total. The molecule has 33 heavy (non-hydrogen) atoms. The van der Waals surface area contributed by atoms with Gasteiger partial charge in [-0.3, -0.25) is 19.1 Å². The Labute approximate surface area is 203 Å². The number of thioether (sulfide) groups is 1. The number of rotatable bonds is 5. The van der Waals surface area contributed by atoms with Gasteiger partial charge >= 0.3 is 0 Å². The third-order valence-electron chi connectivity index (χ3n) is 6.34. The molecular formula is C25H26N4O2S2. The topological polar surface area (TPSA) is 69.3 Å². The van der Waals surface area contributed by atoms with Gasteiger partial charge in [0.15, 0.2) is 0 Å². The maximum Gasteiger partial charge on any atom is 0.270 e. The number of pyridine rings is 1. The molecule has 2 aromatic rings. The van der Waals surface area contributed by atoms with Crippen molar-refractivity contribution in [2.45, 2.75) is 46.2 Å². The van der Waals surface area contributed by atoms with Crippen LogP contribution >= 0.6 is 24.0 Å². The van der Waals surface area contributed by atoms with Crippen molar-refractivity contribution in [3.8, 4) is 6.07 Å². The van der Waals surface area contributed by atoms with Crippen molar-refractivity contribution in [3.63, 3.8) is 0 Å². The number of carbonyl (C=O) groups excluding carboxylic acids is 1. The van der Waals surface area contributed by atoms with Gasteiger partial charge in [0.1, 0.15) is 21.8 Å². The van der Waals surface area contributed by atoms with Crippen molar-refractivity contribution in [1.82, 2.24) is 9.47 Å². The minimum Gasteiger partial charge on any atom is -0.357 e. The normalized spacial score (nSPS) is 18.3. The van der Waals surface area contributed by atoms with Gasteiger partial charge in [-0.1, -0.05) is 54.3 Å². The predicted octanol–water partition coefficient (Wildman–Crippen LogP) is 4.61. The van der Waals surface area contributed by atoms with Crippen molar-refractivity contribution < 1.29 is 4.79 Å². The van der Waals surface area contributed by atoms with E-state index >= 15 is 0 Å². The number of nitriles is 1. The minimum atomic E-state index is -0.276. The molecular weight excluding hydrogens is 452 g/mol. The summed E-state index contributed by atoms with van der Waals surface area (Å²) in [6.45, 7) is 7.80. The van der Waals surface area contributed by atoms with Gasteiger partial charge in [-0.25, -0.2) is 0 Å². The van der Waals surface area contributed by atoms with E-state index in [1.165, 1.54) is 11.8 Å². The number of amides is 1. The van der Waals surface area contributed by atoms with E-state index in [4.69, 9.17) is 12.2 Å². The van der Waals surface area contributed by atoms with Gasteiger partial charge in [0, 0.05) is 25.2 Å². The molecule has 2 aliphatic rings. The second-order valence-electron chi connectivity index (χ2n) is 8.23. The summed E-state index contributed by atoms with van der Waals surface area (Å²) in [6.07, 6.45) is 3.92. The van der Waals surface area contributed by atoms with Gasteiger partial charge in [0.25, 0.3) is 11.5 Å². The van der Waals surface area contributed by atoms with Crippen molar-refractivity contribution in [3.05, 3.63) is 67.8 Å². The third kappa shape index (κ3) is 4.11. The fourth-order valence-corrected chi connectivity index (χ4v) is 5.93. The average molecular weight is 479 g/mol. The fraction of sp³-hybridized carbons (Fsp3) is 0.360. The summed E-state index contributed by atoms with van der Waals surface area (Å²) >= 11 is 6.86. The SMILES string of the molecule is CCn1c(N2CCCC2)c(/C=C2\SC(=S)N(C(C)c3ccccc3)C2=O)c(C)c(C#N)c1=O. The Morgan fingerprint density at radius 2 is 1.88 bits per heavy atom. The molecule has 0 saturated carbocycles. The van der Waals surface area contributed by atoms with Gasteiger partial charge in [-0.2, -0.15) is 5.26 Å². The second-order valence-corrected chi connectivity index (χ2v) is 9.91. The molecule has 170 valence electrons. The van der Waals surface area contributed by atoms with E-state index < -0.39 is 0 Å². The van der Waals surface area contributed by atoms with E-state index in [1.807, 2.05) is 50.3 Å². The van der Waals surface area contributed by atoms with Crippen LogP contribution in [0.1, 0.15) is 55.0 Å². The standard InChI is InChI=1S/C25H26N4O2S2/c1-4-28-22(27-12-8-9-13-27)19(16(2)20(15-26)23(28)30)14-21-24(31)29(25(32)33-21)17(3)18-10-6-5-7-11-18/h5-7,10-11,14,17H,4,8-9,12-13H2,1-3H3/b21-14-. The zero-order valence-electron chi connectivity index (χ0n) is 19.0. The molecule has 0 radical (unpaired) electrons. The van der Waals surface area contributed by atoms with Crippen LogP contribution in [0.3, 0.4) is 0 Å². The van der Waals surface area contributed by atoms with Crippen molar-refractivity contribution in [2.24, 2.45) is 0 Å². The Hall–Kier alpha value is -2.89. The molecule has 1 atom stereocenters. The molecule has 1 aromatic carbocycles. The second kappa shape index (κ2) is 9.54. The lowest BCUT2D eigenvalue weighted by molar-refractivity contribution is -0.123. The maximum absolute atomic E-state index is 13.5. The number of thiocarbonyl (C=S) groups is 1. The molecule has 1 amide bonds. The number of nitrogens with zero attached hydrogens (tertiary/aromatic N) is 4. The molecule has 1 aromatic heterocycles. The largest absolute Gasteiger partial charge is 0.357 e. The van der Waals surface area contributed by atoms with Crippen LogP contribution in [0.15, 0.2) is 40.0 Å². The van der Waals surface area contributed by atoms with Gasteiger partial charge in [-0.15, -0.1) is 0 Å². The Morgan fingerprint density at radius 1 is 1.21 bits per heavy atom. The summed E-state index contributed by atoms with van der Waals surface area (Å²) < 4.78 is 2.17. The Bertz CT molecular complexity index is 1240. The monoisotopic (exact) mass is 478 g/mol. The van der Waals surface area contributed by atoms with Crippen LogP contribution in [-0.2, 0) is 11.3 Å². The molecule has 3 heterocycles. The quantitative estimate of drug-likeness (QED) is 0.462. The zero-order chi connectivity index (χ0) is 23.7. The van der Waals surface area contributed by atoms with Crippen molar-refractivity contribution >= 4 is 46.1 Å². The van der Waals surface area contributed by atoms with Crippen LogP contribution < -0.4 is 10.5 Å². The molecule has 0 spiro atoms. The zero-order valence-corrected chi connectivity index (χ0v) is 20.6. The van der Waals surface area contributed by atoms with Crippen LogP contribution in [0.25, 0.3) is 6.08 Å². The lowest BCUT2D eigenvalue weighted by atomic mass is 10.0. The Morgan fingerprint density at radius 3 is 2.48 bits per heavy atom. The molecule has 0 aliphatic carbocycles. The van der Waals surface area contributed by atoms with Gasteiger partial charge in [0.05, 0.1) is 10.9 Å². The summed E-state index contributed by atoms with van der Waals surface area (Å²) in [5.41, 5.74) is 2.22. The fourth-order valence-electron chi connectivity index (χ4n) is 4.53. The summed E-state index contributed by atoms with van der Waals surface area (Å²) in [4.78, 5) is 30.8. The summed E-state index contributed by atoms with van der Waals surface area (Å²) in [6, 6.07) is 11.7. The van der Waals surface area contributed by atoms with E-state index in [0.29, 0.717) is 21.3 Å². The summed E-state index contributed by atoms with van der Waals surface area (Å²) in [5.74, 6) is 0.638.